The Morgan fingerprint density at radius 2 is 2.00 bits per heavy atom. The van der Waals surface area contributed by atoms with E-state index in [1.807, 2.05) is 45.9 Å². The maximum atomic E-state index is 11.9. The monoisotopic (exact) mass is 258 g/mol. The van der Waals surface area contributed by atoms with Crippen molar-refractivity contribution in [3.63, 3.8) is 0 Å². The van der Waals surface area contributed by atoms with Gasteiger partial charge >= 0.3 is 6.09 Å². The number of aromatic nitrogens is 2. The third-order valence-corrected chi connectivity index (χ3v) is 2.51. The zero-order chi connectivity index (χ0) is 14.0. The third kappa shape index (κ3) is 3.44. The van der Waals surface area contributed by atoms with E-state index in [2.05, 4.69) is 11.2 Å². The van der Waals surface area contributed by atoms with Crippen LogP contribution in [0.25, 0.3) is 11.1 Å². The van der Waals surface area contributed by atoms with E-state index in [1.165, 1.54) is 10.2 Å². The minimum atomic E-state index is -0.521. The Balaban J connectivity index is 2.22. The number of hydrogen-bond donors (Lipinski definition) is 0. The Kier molecular flexibility index (Phi) is 3.42. The van der Waals surface area contributed by atoms with Gasteiger partial charge in [0.25, 0.3) is 0 Å². The summed E-state index contributed by atoms with van der Waals surface area (Å²) in [5.74, 6) is 0. The SMILES string of the molecule is Cc1cccc(-c2cnn(C(=O)OC(C)(C)C)c2)c1. The summed E-state index contributed by atoms with van der Waals surface area (Å²) in [5, 5.41) is 4.05. The molecule has 0 saturated carbocycles. The number of rotatable bonds is 1. The summed E-state index contributed by atoms with van der Waals surface area (Å²) in [5.41, 5.74) is 2.58. The van der Waals surface area contributed by atoms with Crippen molar-refractivity contribution in [3.8, 4) is 11.1 Å². The minimum Gasteiger partial charge on any atom is -0.442 e. The normalized spacial score (nSPS) is 11.4. The molecule has 0 atom stereocenters. The number of carbonyl (C=O) groups is 1. The van der Waals surface area contributed by atoms with Crippen LogP contribution < -0.4 is 0 Å². The van der Waals surface area contributed by atoms with E-state index < -0.39 is 11.7 Å². The second kappa shape index (κ2) is 4.88. The number of nitrogens with zero attached hydrogens (tertiary/aromatic N) is 2. The molecule has 0 aliphatic heterocycles. The van der Waals surface area contributed by atoms with Crippen LogP contribution in [0.3, 0.4) is 0 Å². The molecule has 4 nitrogen and oxygen atoms in total. The number of aryl methyl sites for hydroxylation is 1. The molecular formula is C15H18N2O2. The van der Waals surface area contributed by atoms with Gasteiger partial charge in [-0.15, -0.1) is 0 Å². The Morgan fingerprint density at radius 1 is 1.26 bits per heavy atom. The van der Waals surface area contributed by atoms with Crippen molar-refractivity contribution in [1.82, 2.24) is 9.78 Å². The van der Waals surface area contributed by atoms with E-state index in [0.29, 0.717) is 0 Å². The predicted molar refractivity (Wildman–Crippen MR) is 74.0 cm³/mol. The van der Waals surface area contributed by atoms with Crippen LogP contribution in [0.2, 0.25) is 0 Å². The van der Waals surface area contributed by atoms with E-state index in [-0.39, 0.29) is 0 Å². The number of carbonyl (C=O) groups excluding carboxylic acids is 1. The van der Waals surface area contributed by atoms with Crippen LogP contribution in [0, 0.1) is 6.92 Å². The maximum absolute atomic E-state index is 11.9. The Hall–Kier alpha value is -2.10. The van der Waals surface area contributed by atoms with Gasteiger partial charge < -0.3 is 4.74 Å². The molecule has 0 aliphatic carbocycles. The summed E-state index contributed by atoms with van der Waals surface area (Å²) in [4.78, 5) is 11.9. The number of ether oxygens (including phenoxy) is 1. The molecule has 0 aliphatic rings. The highest BCUT2D eigenvalue weighted by atomic mass is 16.6. The molecule has 0 bridgehead atoms. The van der Waals surface area contributed by atoms with E-state index in [0.717, 1.165) is 11.1 Å². The zero-order valence-corrected chi connectivity index (χ0v) is 11.7. The number of hydrogen-bond acceptors (Lipinski definition) is 3. The first kappa shape index (κ1) is 13.3. The van der Waals surface area contributed by atoms with Crippen LogP contribution in [0.4, 0.5) is 4.79 Å². The lowest BCUT2D eigenvalue weighted by molar-refractivity contribution is 0.0514. The first-order valence-corrected chi connectivity index (χ1v) is 6.20. The van der Waals surface area contributed by atoms with Crippen LogP contribution in [0.15, 0.2) is 36.7 Å². The highest BCUT2D eigenvalue weighted by molar-refractivity contribution is 5.72. The van der Waals surface area contributed by atoms with Crippen molar-refractivity contribution < 1.29 is 9.53 Å². The van der Waals surface area contributed by atoms with Gasteiger partial charge in [-0.25, -0.2) is 4.79 Å². The van der Waals surface area contributed by atoms with Crippen molar-refractivity contribution in [2.45, 2.75) is 33.3 Å². The van der Waals surface area contributed by atoms with Crippen molar-refractivity contribution in [2.75, 3.05) is 0 Å². The molecule has 1 heterocycles. The molecule has 0 spiro atoms. The first-order chi connectivity index (χ1) is 8.85. The summed E-state index contributed by atoms with van der Waals surface area (Å²) in [6.07, 6.45) is 2.88. The average Bonchev–Trinajstić information content (AvgIpc) is 2.75. The van der Waals surface area contributed by atoms with E-state index in [4.69, 9.17) is 4.74 Å². The van der Waals surface area contributed by atoms with Gasteiger partial charge in [-0.2, -0.15) is 9.78 Å². The van der Waals surface area contributed by atoms with Crippen molar-refractivity contribution >= 4 is 6.09 Å². The molecule has 2 aromatic rings. The lowest BCUT2D eigenvalue weighted by atomic mass is 10.1. The van der Waals surface area contributed by atoms with Gasteiger partial charge in [0, 0.05) is 11.8 Å². The molecule has 2 rings (SSSR count). The smallest absolute Gasteiger partial charge is 0.435 e. The average molecular weight is 258 g/mol. The summed E-state index contributed by atoms with van der Waals surface area (Å²) < 4.78 is 6.48. The van der Waals surface area contributed by atoms with Gasteiger partial charge in [0.15, 0.2) is 0 Å². The Bertz CT molecular complexity index is 594. The quantitative estimate of drug-likeness (QED) is 0.784. The molecule has 1 aromatic carbocycles. The highest BCUT2D eigenvalue weighted by Gasteiger charge is 2.18. The van der Waals surface area contributed by atoms with E-state index >= 15 is 0 Å². The van der Waals surface area contributed by atoms with Crippen LogP contribution in [-0.4, -0.2) is 21.5 Å². The Morgan fingerprint density at radius 3 is 2.63 bits per heavy atom. The highest BCUT2D eigenvalue weighted by Crippen LogP contribution is 2.20. The van der Waals surface area contributed by atoms with Crippen LogP contribution in [0.5, 0.6) is 0 Å². The Labute approximate surface area is 113 Å². The largest absolute Gasteiger partial charge is 0.442 e. The third-order valence-electron chi connectivity index (χ3n) is 2.51. The molecule has 0 fully saturated rings. The van der Waals surface area contributed by atoms with Gasteiger partial charge in [-0.3, -0.25) is 0 Å². The topological polar surface area (TPSA) is 44.1 Å². The number of benzene rings is 1. The molecule has 1 aromatic heterocycles. The summed E-state index contributed by atoms with van der Waals surface area (Å²) in [6.45, 7) is 7.52. The molecule has 4 heteroatoms. The second-order valence-corrected chi connectivity index (χ2v) is 5.52. The van der Waals surface area contributed by atoms with E-state index in [9.17, 15) is 4.79 Å². The standard InChI is InChI=1S/C15H18N2O2/c1-11-6-5-7-12(8-11)13-9-16-17(10-13)14(18)19-15(2,3)4/h5-10H,1-4H3. The first-order valence-electron chi connectivity index (χ1n) is 6.20. The van der Waals surface area contributed by atoms with Gasteiger partial charge in [0.05, 0.1) is 6.20 Å². The fourth-order valence-corrected chi connectivity index (χ4v) is 1.71. The van der Waals surface area contributed by atoms with Crippen molar-refractivity contribution in [3.05, 3.63) is 42.2 Å². The van der Waals surface area contributed by atoms with Gasteiger partial charge in [0.2, 0.25) is 0 Å². The molecule has 0 radical (unpaired) electrons. The van der Waals surface area contributed by atoms with Gasteiger partial charge in [-0.05, 0) is 33.3 Å². The zero-order valence-electron chi connectivity index (χ0n) is 11.7. The van der Waals surface area contributed by atoms with Crippen LogP contribution in [0.1, 0.15) is 26.3 Å². The van der Waals surface area contributed by atoms with E-state index in [1.54, 1.807) is 12.4 Å². The fourth-order valence-electron chi connectivity index (χ4n) is 1.71. The lowest BCUT2D eigenvalue weighted by Gasteiger charge is -2.18. The van der Waals surface area contributed by atoms with Gasteiger partial charge in [0.1, 0.15) is 5.60 Å². The molecule has 19 heavy (non-hydrogen) atoms. The summed E-state index contributed by atoms with van der Waals surface area (Å²) in [6, 6.07) is 8.05. The maximum Gasteiger partial charge on any atom is 0.435 e. The molecule has 100 valence electrons. The second-order valence-electron chi connectivity index (χ2n) is 5.52. The summed E-state index contributed by atoms with van der Waals surface area (Å²) >= 11 is 0. The molecule has 0 N–H and O–H groups in total. The van der Waals surface area contributed by atoms with Crippen molar-refractivity contribution in [2.24, 2.45) is 0 Å². The summed E-state index contributed by atoms with van der Waals surface area (Å²) in [7, 11) is 0. The fraction of sp³-hybridized carbons (Fsp3) is 0.333. The predicted octanol–water partition coefficient (Wildman–Crippen LogP) is 3.64. The van der Waals surface area contributed by atoms with Crippen LogP contribution in [-0.2, 0) is 4.74 Å². The molecule has 0 saturated heterocycles. The molecule has 0 amide bonds. The van der Waals surface area contributed by atoms with Crippen LogP contribution >= 0.6 is 0 Å². The molecular weight excluding hydrogens is 240 g/mol. The van der Waals surface area contributed by atoms with Gasteiger partial charge in [-0.1, -0.05) is 29.8 Å². The minimum absolute atomic E-state index is 0.466. The molecule has 0 unspecified atom stereocenters. The lowest BCUT2D eigenvalue weighted by Crippen LogP contribution is -2.27. The van der Waals surface area contributed by atoms with Crippen molar-refractivity contribution in [1.29, 1.82) is 0 Å².